The van der Waals surface area contributed by atoms with Crippen molar-refractivity contribution in [1.82, 2.24) is 15.2 Å². The molecule has 0 saturated carbocycles. The predicted molar refractivity (Wildman–Crippen MR) is 85.4 cm³/mol. The summed E-state index contributed by atoms with van der Waals surface area (Å²) in [5.41, 5.74) is 4.26. The van der Waals surface area contributed by atoms with Crippen LogP contribution in [0.4, 0.5) is 9.18 Å². The summed E-state index contributed by atoms with van der Waals surface area (Å²) in [6, 6.07) is 4.74. The molecule has 1 aromatic carbocycles. The van der Waals surface area contributed by atoms with Crippen LogP contribution < -0.4 is 5.32 Å². The number of aromatic nitrogens is 1. The molecule has 5 heteroatoms. The van der Waals surface area contributed by atoms with E-state index in [1.807, 2.05) is 13.8 Å². The van der Waals surface area contributed by atoms with Crippen molar-refractivity contribution in [1.29, 1.82) is 0 Å². The molecule has 0 atom stereocenters. The number of aryl methyl sites for hydroxylation is 1. The molecule has 4 nitrogen and oxygen atoms in total. The van der Waals surface area contributed by atoms with Gasteiger partial charge in [-0.15, -0.1) is 0 Å². The van der Waals surface area contributed by atoms with Gasteiger partial charge >= 0.3 is 6.03 Å². The largest absolute Gasteiger partial charge is 0.358 e. The number of amides is 2. The van der Waals surface area contributed by atoms with E-state index >= 15 is 0 Å². The summed E-state index contributed by atoms with van der Waals surface area (Å²) in [5.74, 6) is -0.244. The predicted octanol–water partition coefficient (Wildman–Crippen LogP) is 3.13. The topological polar surface area (TPSA) is 48.1 Å². The fourth-order valence-corrected chi connectivity index (χ4v) is 2.86. The third kappa shape index (κ3) is 2.71. The summed E-state index contributed by atoms with van der Waals surface area (Å²) >= 11 is 0. The van der Waals surface area contributed by atoms with E-state index in [1.165, 1.54) is 17.7 Å². The minimum atomic E-state index is -0.244. The molecule has 2 heterocycles. The Balaban J connectivity index is 1.60. The van der Waals surface area contributed by atoms with E-state index < -0.39 is 0 Å². The van der Waals surface area contributed by atoms with Crippen LogP contribution in [0.3, 0.4) is 0 Å². The molecule has 1 fully saturated rings. The number of H-pyrrole nitrogens is 1. The van der Waals surface area contributed by atoms with Gasteiger partial charge in [0, 0.05) is 36.2 Å². The summed E-state index contributed by atoms with van der Waals surface area (Å²) in [4.78, 5) is 16.9. The van der Waals surface area contributed by atoms with Gasteiger partial charge < -0.3 is 15.2 Å². The third-order valence-corrected chi connectivity index (χ3v) is 4.22. The van der Waals surface area contributed by atoms with Crippen molar-refractivity contribution < 1.29 is 9.18 Å². The number of hydrogen-bond acceptors (Lipinski definition) is 1. The summed E-state index contributed by atoms with van der Waals surface area (Å²) in [6.07, 6.45) is 2.78. The lowest BCUT2D eigenvalue weighted by molar-refractivity contribution is 0.191. The number of nitrogens with one attached hydrogen (secondary N) is 2. The molecule has 0 bridgehead atoms. The van der Waals surface area contributed by atoms with Gasteiger partial charge in [0.05, 0.1) is 0 Å². The highest BCUT2D eigenvalue weighted by Gasteiger charge is 2.23. The Labute approximate surface area is 129 Å². The highest BCUT2D eigenvalue weighted by Crippen LogP contribution is 2.23. The Morgan fingerprint density at radius 3 is 2.95 bits per heavy atom. The van der Waals surface area contributed by atoms with Crippen LogP contribution in [0, 0.1) is 12.7 Å². The van der Waals surface area contributed by atoms with E-state index in [1.54, 1.807) is 11.0 Å². The van der Waals surface area contributed by atoms with Gasteiger partial charge in [-0.3, -0.25) is 0 Å². The number of carbonyl (C=O) groups excluding carboxylic acids is 1. The highest BCUT2D eigenvalue weighted by molar-refractivity contribution is 5.84. The molecule has 0 spiro atoms. The number of benzene rings is 1. The van der Waals surface area contributed by atoms with Crippen molar-refractivity contribution in [3.8, 4) is 0 Å². The first-order valence-electron chi connectivity index (χ1n) is 7.52. The maximum atomic E-state index is 13.2. The number of nitrogens with zero attached hydrogens (tertiary/aromatic N) is 1. The molecule has 0 aliphatic carbocycles. The van der Waals surface area contributed by atoms with E-state index in [-0.39, 0.29) is 11.8 Å². The monoisotopic (exact) mass is 301 g/mol. The Morgan fingerprint density at radius 2 is 2.23 bits per heavy atom. The van der Waals surface area contributed by atoms with Gasteiger partial charge in [-0.05, 0) is 49.6 Å². The first kappa shape index (κ1) is 14.6. The SMILES string of the molecule is CC=C1CN(C(=O)NCCc2c(C)[nH]c3cc(F)ccc23)C1. The second-order valence-corrected chi connectivity index (χ2v) is 5.70. The van der Waals surface area contributed by atoms with E-state index in [0.717, 1.165) is 41.7 Å². The van der Waals surface area contributed by atoms with Gasteiger partial charge in [-0.2, -0.15) is 0 Å². The Hall–Kier alpha value is -2.30. The first-order valence-corrected chi connectivity index (χ1v) is 7.52. The van der Waals surface area contributed by atoms with Crippen LogP contribution in [0.2, 0.25) is 0 Å². The van der Waals surface area contributed by atoms with Crippen molar-refractivity contribution in [2.75, 3.05) is 19.6 Å². The van der Waals surface area contributed by atoms with Gasteiger partial charge in [0.15, 0.2) is 0 Å². The minimum absolute atomic E-state index is 0.0193. The number of aromatic amines is 1. The Kier molecular flexibility index (Phi) is 3.88. The molecule has 116 valence electrons. The van der Waals surface area contributed by atoms with E-state index in [9.17, 15) is 9.18 Å². The molecule has 1 aliphatic rings. The molecule has 0 unspecified atom stereocenters. The van der Waals surface area contributed by atoms with Gasteiger partial charge in [0.1, 0.15) is 5.82 Å². The van der Waals surface area contributed by atoms with Crippen LogP contribution in [0.15, 0.2) is 29.8 Å². The zero-order valence-corrected chi connectivity index (χ0v) is 12.9. The van der Waals surface area contributed by atoms with Crippen molar-refractivity contribution in [3.05, 3.63) is 46.9 Å². The minimum Gasteiger partial charge on any atom is -0.358 e. The molecule has 2 N–H and O–H groups in total. The lowest BCUT2D eigenvalue weighted by atomic mass is 10.1. The van der Waals surface area contributed by atoms with Crippen LogP contribution >= 0.6 is 0 Å². The zero-order valence-electron chi connectivity index (χ0n) is 12.9. The van der Waals surface area contributed by atoms with Crippen LogP contribution in [0.1, 0.15) is 18.2 Å². The lowest BCUT2D eigenvalue weighted by Crippen LogP contribution is -2.49. The molecular weight excluding hydrogens is 281 g/mol. The van der Waals surface area contributed by atoms with Crippen LogP contribution in [0.5, 0.6) is 0 Å². The molecular formula is C17H20FN3O. The van der Waals surface area contributed by atoms with Crippen molar-refractivity contribution >= 4 is 16.9 Å². The van der Waals surface area contributed by atoms with Gasteiger partial charge in [0.25, 0.3) is 0 Å². The van der Waals surface area contributed by atoms with E-state index in [0.29, 0.717) is 6.54 Å². The Morgan fingerprint density at radius 1 is 1.45 bits per heavy atom. The van der Waals surface area contributed by atoms with Gasteiger partial charge in [-0.1, -0.05) is 6.08 Å². The fraction of sp³-hybridized carbons (Fsp3) is 0.353. The molecule has 1 aliphatic heterocycles. The van der Waals surface area contributed by atoms with Crippen molar-refractivity contribution in [2.45, 2.75) is 20.3 Å². The lowest BCUT2D eigenvalue weighted by Gasteiger charge is -2.33. The molecule has 2 aromatic rings. The number of allylic oxidation sites excluding steroid dienone is 1. The molecule has 0 radical (unpaired) electrons. The molecule has 2 amide bonds. The number of fused-ring (bicyclic) bond motifs is 1. The summed E-state index contributed by atoms with van der Waals surface area (Å²) < 4.78 is 13.2. The van der Waals surface area contributed by atoms with Crippen LogP contribution in [-0.4, -0.2) is 35.5 Å². The number of hydrogen-bond donors (Lipinski definition) is 2. The number of carbonyl (C=O) groups is 1. The summed E-state index contributed by atoms with van der Waals surface area (Å²) in [5, 5.41) is 3.96. The fourth-order valence-electron chi connectivity index (χ4n) is 2.86. The molecule has 1 aromatic heterocycles. The normalized spacial score (nSPS) is 14.1. The highest BCUT2D eigenvalue weighted by atomic mass is 19.1. The first-order chi connectivity index (χ1) is 10.6. The van der Waals surface area contributed by atoms with E-state index in [2.05, 4.69) is 16.4 Å². The maximum absolute atomic E-state index is 13.2. The standard InChI is InChI=1S/C17H20FN3O/c1-3-12-9-21(10-12)17(22)19-7-6-14-11(2)20-16-8-13(18)4-5-15(14)16/h3-5,8,20H,6-7,9-10H2,1-2H3,(H,19,22). The van der Waals surface area contributed by atoms with Crippen LogP contribution in [-0.2, 0) is 6.42 Å². The number of rotatable bonds is 3. The van der Waals surface area contributed by atoms with Crippen molar-refractivity contribution in [3.63, 3.8) is 0 Å². The Bertz CT molecular complexity index is 740. The number of likely N-dealkylation sites (tertiary alicyclic amines) is 1. The second-order valence-electron chi connectivity index (χ2n) is 5.70. The summed E-state index contributed by atoms with van der Waals surface area (Å²) in [7, 11) is 0. The zero-order chi connectivity index (χ0) is 15.7. The molecule has 22 heavy (non-hydrogen) atoms. The molecule has 1 saturated heterocycles. The maximum Gasteiger partial charge on any atom is 0.317 e. The van der Waals surface area contributed by atoms with Gasteiger partial charge in [0.2, 0.25) is 0 Å². The van der Waals surface area contributed by atoms with Gasteiger partial charge in [-0.25, -0.2) is 9.18 Å². The van der Waals surface area contributed by atoms with Crippen LogP contribution in [0.25, 0.3) is 10.9 Å². The second kappa shape index (κ2) is 5.83. The average Bonchev–Trinajstić information content (AvgIpc) is 2.73. The average molecular weight is 301 g/mol. The quantitative estimate of drug-likeness (QED) is 0.841. The summed E-state index contributed by atoms with van der Waals surface area (Å²) in [6.45, 7) is 6.00. The number of urea groups is 1. The smallest absolute Gasteiger partial charge is 0.317 e. The molecule has 3 rings (SSSR count). The third-order valence-electron chi connectivity index (χ3n) is 4.22. The van der Waals surface area contributed by atoms with Crippen molar-refractivity contribution in [2.24, 2.45) is 0 Å². The number of halogens is 1. The van der Waals surface area contributed by atoms with E-state index in [4.69, 9.17) is 0 Å².